The van der Waals surface area contributed by atoms with Crippen molar-refractivity contribution in [2.45, 2.75) is 6.42 Å². The third-order valence-electron chi connectivity index (χ3n) is 2.39. The summed E-state index contributed by atoms with van der Waals surface area (Å²) in [5, 5.41) is 1.20. The first-order valence-electron chi connectivity index (χ1n) is 5.45. The SMILES string of the molecule is C=NC.COc1ccc2[nH]cc(CCN)c2c1. The van der Waals surface area contributed by atoms with Crippen LogP contribution in [0.4, 0.5) is 0 Å². The average Bonchev–Trinajstić information content (AvgIpc) is 2.73. The number of nitrogens with zero attached hydrogens (tertiary/aromatic N) is 1. The molecule has 0 aliphatic carbocycles. The Morgan fingerprint density at radius 1 is 1.47 bits per heavy atom. The molecule has 4 nitrogen and oxygen atoms in total. The topological polar surface area (TPSA) is 63.4 Å². The summed E-state index contributed by atoms with van der Waals surface area (Å²) in [6, 6.07) is 6.01. The molecule has 92 valence electrons. The van der Waals surface area contributed by atoms with Gasteiger partial charge in [0.25, 0.3) is 0 Å². The molecule has 0 saturated heterocycles. The predicted octanol–water partition coefficient (Wildman–Crippen LogP) is 1.99. The summed E-state index contributed by atoms with van der Waals surface area (Å²) in [4.78, 5) is 6.46. The molecule has 0 amide bonds. The highest BCUT2D eigenvalue weighted by Crippen LogP contribution is 2.23. The average molecular weight is 233 g/mol. The van der Waals surface area contributed by atoms with Crippen LogP contribution in [0.15, 0.2) is 29.4 Å². The van der Waals surface area contributed by atoms with Gasteiger partial charge in [-0.05, 0) is 43.4 Å². The fourth-order valence-corrected chi connectivity index (χ4v) is 1.65. The molecule has 2 aromatic rings. The van der Waals surface area contributed by atoms with E-state index in [0.717, 1.165) is 17.7 Å². The first-order valence-corrected chi connectivity index (χ1v) is 5.45. The summed E-state index contributed by atoms with van der Waals surface area (Å²) in [6.45, 7) is 3.78. The fourth-order valence-electron chi connectivity index (χ4n) is 1.65. The summed E-state index contributed by atoms with van der Waals surface area (Å²) in [6.07, 6.45) is 2.91. The lowest BCUT2D eigenvalue weighted by Gasteiger charge is -2.00. The van der Waals surface area contributed by atoms with Gasteiger partial charge in [-0.3, -0.25) is 0 Å². The quantitative estimate of drug-likeness (QED) is 0.796. The number of fused-ring (bicyclic) bond motifs is 1. The van der Waals surface area contributed by atoms with Crippen molar-refractivity contribution in [3.63, 3.8) is 0 Å². The van der Waals surface area contributed by atoms with E-state index in [-0.39, 0.29) is 0 Å². The molecule has 17 heavy (non-hydrogen) atoms. The van der Waals surface area contributed by atoms with Gasteiger partial charge in [0.05, 0.1) is 7.11 Å². The minimum atomic E-state index is 0.671. The smallest absolute Gasteiger partial charge is 0.119 e. The van der Waals surface area contributed by atoms with Gasteiger partial charge in [0.1, 0.15) is 5.75 Å². The molecule has 0 radical (unpaired) electrons. The van der Waals surface area contributed by atoms with Gasteiger partial charge in [-0.15, -0.1) is 0 Å². The predicted molar refractivity (Wildman–Crippen MR) is 73.1 cm³/mol. The van der Waals surface area contributed by atoms with E-state index in [4.69, 9.17) is 10.5 Å². The first-order chi connectivity index (χ1) is 8.26. The molecule has 1 aromatic heterocycles. The van der Waals surface area contributed by atoms with Gasteiger partial charge in [0.2, 0.25) is 0 Å². The summed E-state index contributed by atoms with van der Waals surface area (Å²) in [5.41, 5.74) is 7.92. The van der Waals surface area contributed by atoms with Crippen LogP contribution in [-0.4, -0.2) is 32.4 Å². The molecule has 0 fully saturated rings. The van der Waals surface area contributed by atoms with Crippen LogP contribution in [0.1, 0.15) is 5.56 Å². The third-order valence-corrected chi connectivity index (χ3v) is 2.39. The van der Waals surface area contributed by atoms with Crippen molar-refractivity contribution in [1.82, 2.24) is 4.98 Å². The summed E-state index contributed by atoms with van der Waals surface area (Å²) >= 11 is 0. The Kier molecular flexibility index (Phi) is 5.23. The molecule has 3 N–H and O–H groups in total. The molecule has 0 aliphatic rings. The van der Waals surface area contributed by atoms with Crippen molar-refractivity contribution in [2.75, 3.05) is 20.7 Å². The monoisotopic (exact) mass is 233 g/mol. The van der Waals surface area contributed by atoms with Crippen LogP contribution < -0.4 is 10.5 Å². The second-order valence-electron chi connectivity index (χ2n) is 3.58. The van der Waals surface area contributed by atoms with Crippen LogP contribution in [0.25, 0.3) is 10.9 Å². The number of aliphatic imine (C=N–C) groups is 1. The van der Waals surface area contributed by atoms with E-state index in [0.29, 0.717) is 6.54 Å². The number of nitrogens with two attached hydrogens (primary N) is 1. The van der Waals surface area contributed by atoms with Gasteiger partial charge in [0, 0.05) is 24.1 Å². The van der Waals surface area contributed by atoms with Gasteiger partial charge in [0.15, 0.2) is 0 Å². The number of aromatic amines is 1. The number of ether oxygens (including phenoxy) is 1. The van der Waals surface area contributed by atoms with E-state index >= 15 is 0 Å². The number of nitrogens with one attached hydrogen (secondary N) is 1. The Balaban J connectivity index is 0.000000437. The molecule has 4 heteroatoms. The maximum absolute atomic E-state index is 5.54. The lowest BCUT2D eigenvalue weighted by atomic mass is 10.1. The number of H-pyrrole nitrogens is 1. The summed E-state index contributed by atoms with van der Waals surface area (Å²) < 4.78 is 5.18. The van der Waals surface area contributed by atoms with Gasteiger partial charge < -0.3 is 20.4 Å². The molecule has 0 aliphatic heterocycles. The number of aromatic nitrogens is 1. The largest absolute Gasteiger partial charge is 0.497 e. The molecule has 1 aromatic carbocycles. The van der Waals surface area contributed by atoms with Crippen molar-refractivity contribution in [3.8, 4) is 5.75 Å². The van der Waals surface area contributed by atoms with E-state index in [1.165, 1.54) is 10.9 Å². The number of hydrogen-bond acceptors (Lipinski definition) is 3. The fraction of sp³-hybridized carbons (Fsp3) is 0.308. The first kappa shape index (κ1) is 13.3. The van der Waals surface area contributed by atoms with E-state index in [1.54, 1.807) is 14.2 Å². The van der Waals surface area contributed by atoms with Crippen molar-refractivity contribution in [2.24, 2.45) is 10.7 Å². The van der Waals surface area contributed by atoms with Crippen LogP contribution in [0.3, 0.4) is 0 Å². The van der Waals surface area contributed by atoms with E-state index < -0.39 is 0 Å². The molecular formula is C13H19N3O. The van der Waals surface area contributed by atoms with Crippen LogP contribution in [0.5, 0.6) is 5.75 Å². The lowest BCUT2D eigenvalue weighted by molar-refractivity contribution is 0.415. The van der Waals surface area contributed by atoms with Crippen molar-refractivity contribution in [1.29, 1.82) is 0 Å². The molecule has 0 saturated carbocycles. The number of benzene rings is 1. The Morgan fingerprint density at radius 2 is 2.18 bits per heavy atom. The second-order valence-corrected chi connectivity index (χ2v) is 3.58. The van der Waals surface area contributed by atoms with Crippen LogP contribution in [0.2, 0.25) is 0 Å². The Labute approximate surface area is 102 Å². The number of methoxy groups -OCH3 is 1. The summed E-state index contributed by atoms with van der Waals surface area (Å²) in [7, 11) is 3.32. The van der Waals surface area contributed by atoms with E-state index in [1.807, 2.05) is 24.4 Å². The highest BCUT2D eigenvalue weighted by molar-refractivity contribution is 5.84. The van der Waals surface area contributed by atoms with Gasteiger partial charge in [-0.1, -0.05) is 0 Å². The zero-order chi connectivity index (χ0) is 12.7. The van der Waals surface area contributed by atoms with Crippen molar-refractivity contribution >= 4 is 17.6 Å². The van der Waals surface area contributed by atoms with Crippen molar-refractivity contribution < 1.29 is 4.74 Å². The minimum absolute atomic E-state index is 0.671. The van der Waals surface area contributed by atoms with Gasteiger partial charge in [-0.25, -0.2) is 0 Å². The van der Waals surface area contributed by atoms with Crippen LogP contribution >= 0.6 is 0 Å². The Hall–Kier alpha value is -1.81. The third kappa shape index (κ3) is 3.32. The molecule has 0 unspecified atom stereocenters. The molecule has 0 bridgehead atoms. The second kappa shape index (κ2) is 6.70. The standard InChI is InChI=1S/C11H14N2O.C2H5N/c1-14-9-2-3-11-10(6-9)8(4-5-12)7-13-11;1-3-2/h2-3,6-7,13H,4-5,12H2,1H3;1H2,2H3. The highest BCUT2D eigenvalue weighted by atomic mass is 16.5. The van der Waals surface area contributed by atoms with Crippen molar-refractivity contribution in [3.05, 3.63) is 30.0 Å². The molecule has 1 heterocycles. The summed E-state index contributed by atoms with van der Waals surface area (Å²) in [5.74, 6) is 0.885. The number of rotatable bonds is 3. The minimum Gasteiger partial charge on any atom is -0.497 e. The lowest BCUT2D eigenvalue weighted by Crippen LogP contribution is -2.01. The van der Waals surface area contributed by atoms with Crippen LogP contribution in [-0.2, 0) is 6.42 Å². The molecular weight excluding hydrogens is 214 g/mol. The zero-order valence-electron chi connectivity index (χ0n) is 10.4. The Morgan fingerprint density at radius 3 is 2.76 bits per heavy atom. The number of hydrogen-bond donors (Lipinski definition) is 2. The van der Waals surface area contributed by atoms with E-state index in [9.17, 15) is 0 Å². The zero-order valence-corrected chi connectivity index (χ0v) is 10.4. The van der Waals surface area contributed by atoms with Gasteiger partial charge >= 0.3 is 0 Å². The normalized spacial score (nSPS) is 9.59. The molecule has 0 spiro atoms. The van der Waals surface area contributed by atoms with E-state index in [2.05, 4.69) is 16.7 Å². The van der Waals surface area contributed by atoms with Gasteiger partial charge in [-0.2, -0.15) is 0 Å². The highest BCUT2D eigenvalue weighted by Gasteiger charge is 2.03. The maximum Gasteiger partial charge on any atom is 0.119 e. The molecule has 0 atom stereocenters. The Bertz CT molecular complexity index is 476. The molecule has 2 rings (SSSR count). The van der Waals surface area contributed by atoms with Crippen LogP contribution in [0, 0.1) is 0 Å². The maximum atomic E-state index is 5.54.